The molecule has 0 unspecified atom stereocenters. The van der Waals surface area contributed by atoms with Crippen molar-refractivity contribution in [2.24, 2.45) is 5.92 Å². The third-order valence-corrected chi connectivity index (χ3v) is 5.96. The molecular weight excluding hydrogens is 300 g/mol. The third kappa shape index (κ3) is 3.18. The van der Waals surface area contributed by atoms with E-state index in [1.807, 2.05) is 6.20 Å². The normalized spacial score (nSPS) is 25.7. The first-order valence-corrected chi connectivity index (χ1v) is 9.53. The van der Waals surface area contributed by atoms with Gasteiger partial charge in [-0.05, 0) is 26.3 Å². The number of amides is 1. The van der Waals surface area contributed by atoms with Crippen molar-refractivity contribution < 1.29 is 4.79 Å². The van der Waals surface area contributed by atoms with Crippen molar-refractivity contribution in [3.05, 3.63) is 23.3 Å². The molecule has 1 amide bonds. The van der Waals surface area contributed by atoms with Crippen molar-refractivity contribution in [3.8, 4) is 0 Å². The summed E-state index contributed by atoms with van der Waals surface area (Å²) in [5.74, 6) is 1.94. The quantitative estimate of drug-likeness (QED) is 0.836. The molecule has 2 fully saturated rings. The number of rotatable bonds is 2. The Kier molecular flexibility index (Phi) is 4.53. The molecule has 1 aromatic heterocycles. The zero-order valence-electron chi connectivity index (χ0n) is 14.7. The summed E-state index contributed by atoms with van der Waals surface area (Å²) in [6, 6.07) is 0. The van der Waals surface area contributed by atoms with Crippen LogP contribution in [-0.4, -0.2) is 52.4 Å². The Labute approximate surface area is 144 Å². The van der Waals surface area contributed by atoms with Crippen molar-refractivity contribution in [2.45, 2.75) is 57.4 Å². The zero-order valence-corrected chi connectivity index (χ0v) is 14.7. The Morgan fingerprint density at radius 2 is 2.00 bits per heavy atom. The van der Waals surface area contributed by atoms with Crippen LogP contribution in [0.15, 0.2) is 6.20 Å². The van der Waals surface area contributed by atoms with Crippen LogP contribution >= 0.6 is 0 Å². The van der Waals surface area contributed by atoms with Gasteiger partial charge in [0.15, 0.2) is 0 Å². The Bertz CT molecular complexity index is 611. The molecule has 5 heteroatoms. The summed E-state index contributed by atoms with van der Waals surface area (Å²) in [7, 11) is 2.14. The van der Waals surface area contributed by atoms with Gasteiger partial charge in [-0.15, -0.1) is 0 Å². The molecule has 1 aromatic rings. The Balaban J connectivity index is 1.42. The molecule has 130 valence electrons. The first-order chi connectivity index (χ1) is 11.7. The second-order valence-electron chi connectivity index (χ2n) is 7.79. The number of fused-ring (bicyclic) bond motifs is 1. The molecule has 5 nitrogen and oxygen atoms in total. The minimum Gasteiger partial charge on any atom is -0.342 e. The van der Waals surface area contributed by atoms with Crippen molar-refractivity contribution >= 4 is 5.91 Å². The first-order valence-electron chi connectivity index (χ1n) is 9.53. The first kappa shape index (κ1) is 16.0. The van der Waals surface area contributed by atoms with E-state index < -0.39 is 0 Å². The molecule has 3 heterocycles. The van der Waals surface area contributed by atoms with Crippen LogP contribution in [0.2, 0.25) is 0 Å². The van der Waals surface area contributed by atoms with Crippen LogP contribution in [0.5, 0.6) is 0 Å². The van der Waals surface area contributed by atoms with E-state index in [1.165, 1.54) is 30.5 Å². The molecule has 0 radical (unpaired) electrons. The van der Waals surface area contributed by atoms with Crippen LogP contribution in [0, 0.1) is 5.92 Å². The Morgan fingerprint density at radius 3 is 2.83 bits per heavy atom. The van der Waals surface area contributed by atoms with Crippen molar-refractivity contribution in [2.75, 3.05) is 26.7 Å². The highest BCUT2D eigenvalue weighted by Gasteiger charge is 2.33. The molecule has 0 aromatic carbocycles. The lowest BCUT2D eigenvalue weighted by atomic mass is 9.88. The predicted octanol–water partition coefficient (Wildman–Crippen LogP) is 2.36. The van der Waals surface area contributed by atoms with Crippen LogP contribution in [0.3, 0.4) is 0 Å². The summed E-state index contributed by atoms with van der Waals surface area (Å²) < 4.78 is 0. The summed E-state index contributed by atoms with van der Waals surface area (Å²) in [5.41, 5.74) is 2.48. The predicted molar refractivity (Wildman–Crippen MR) is 92.6 cm³/mol. The summed E-state index contributed by atoms with van der Waals surface area (Å²) in [4.78, 5) is 26.6. The standard InChI is InChI=1S/C19H28N4O/c1-22-9-8-17-16(12-22)11-20-18(21-17)15-7-10-23(13-15)19(24)14-5-3-2-4-6-14/h11,14-15H,2-10,12-13H2,1H3/t15-/m1/s1. The Hall–Kier alpha value is -1.49. The maximum absolute atomic E-state index is 12.7. The van der Waals surface area contributed by atoms with E-state index in [-0.39, 0.29) is 5.92 Å². The monoisotopic (exact) mass is 328 g/mol. The second-order valence-corrected chi connectivity index (χ2v) is 7.79. The molecule has 0 bridgehead atoms. The van der Waals surface area contributed by atoms with Crippen LogP contribution in [0.25, 0.3) is 0 Å². The maximum Gasteiger partial charge on any atom is 0.225 e. The largest absolute Gasteiger partial charge is 0.342 e. The number of hydrogen-bond acceptors (Lipinski definition) is 4. The SMILES string of the molecule is CN1CCc2nc([C@@H]3CCN(C(=O)C4CCCCC4)C3)ncc2C1. The molecule has 24 heavy (non-hydrogen) atoms. The van der Waals surface area contributed by atoms with E-state index >= 15 is 0 Å². The molecule has 4 rings (SSSR count). The molecule has 1 saturated heterocycles. The van der Waals surface area contributed by atoms with Gasteiger partial charge >= 0.3 is 0 Å². The fourth-order valence-corrected chi connectivity index (χ4v) is 4.45. The number of carbonyl (C=O) groups is 1. The van der Waals surface area contributed by atoms with Gasteiger partial charge in [0.05, 0.1) is 0 Å². The van der Waals surface area contributed by atoms with E-state index in [0.717, 1.165) is 57.7 Å². The van der Waals surface area contributed by atoms with Gasteiger partial charge in [0.25, 0.3) is 0 Å². The summed E-state index contributed by atoms with van der Waals surface area (Å²) >= 11 is 0. The highest BCUT2D eigenvalue weighted by atomic mass is 16.2. The van der Waals surface area contributed by atoms with E-state index in [4.69, 9.17) is 4.98 Å². The average Bonchev–Trinajstić information content (AvgIpc) is 3.11. The summed E-state index contributed by atoms with van der Waals surface area (Å²) in [6.45, 7) is 3.71. The van der Waals surface area contributed by atoms with Gasteiger partial charge in [-0.3, -0.25) is 4.79 Å². The van der Waals surface area contributed by atoms with Crippen LogP contribution in [0.1, 0.15) is 61.5 Å². The smallest absolute Gasteiger partial charge is 0.225 e. The van der Waals surface area contributed by atoms with Gasteiger partial charge in [0.1, 0.15) is 5.82 Å². The number of aromatic nitrogens is 2. The van der Waals surface area contributed by atoms with Gasteiger partial charge in [0, 0.05) is 61.9 Å². The number of likely N-dealkylation sites (tertiary alicyclic amines) is 1. The van der Waals surface area contributed by atoms with Gasteiger partial charge in [0.2, 0.25) is 5.91 Å². The van der Waals surface area contributed by atoms with E-state index in [9.17, 15) is 4.79 Å². The van der Waals surface area contributed by atoms with E-state index in [2.05, 4.69) is 21.8 Å². The van der Waals surface area contributed by atoms with Crippen molar-refractivity contribution in [1.82, 2.24) is 19.8 Å². The minimum absolute atomic E-state index is 0.275. The fourth-order valence-electron chi connectivity index (χ4n) is 4.45. The Morgan fingerprint density at radius 1 is 1.17 bits per heavy atom. The number of likely N-dealkylation sites (N-methyl/N-ethyl adjacent to an activating group) is 1. The number of hydrogen-bond donors (Lipinski definition) is 0. The summed E-state index contributed by atoms with van der Waals surface area (Å²) in [6.07, 6.45) is 9.94. The highest BCUT2D eigenvalue weighted by Crippen LogP contribution is 2.31. The number of nitrogens with zero attached hydrogens (tertiary/aromatic N) is 4. The van der Waals surface area contributed by atoms with Crippen molar-refractivity contribution in [3.63, 3.8) is 0 Å². The lowest BCUT2D eigenvalue weighted by Crippen LogP contribution is -2.35. The van der Waals surface area contributed by atoms with E-state index in [1.54, 1.807) is 0 Å². The van der Waals surface area contributed by atoms with Crippen LogP contribution < -0.4 is 0 Å². The third-order valence-electron chi connectivity index (χ3n) is 5.96. The van der Waals surface area contributed by atoms with Gasteiger partial charge < -0.3 is 9.80 Å². The molecule has 2 aliphatic heterocycles. The fraction of sp³-hybridized carbons (Fsp3) is 0.737. The molecule has 1 atom stereocenters. The van der Waals surface area contributed by atoms with Crippen LogP contribution in [-0.2, 0) is 17.8 Å². The lowest BCUT2D eigenvalue weighted by Gasteiger charge is -2.26. The second kappa shape index (κ2) is 6.79. The van der Waals surface area contributed by atoms with Gasteiger partial charge in [-0.1, -0.05) is 19.3 Å². The topological polar surface area (TPSA) is 49.3 Å². The highest BCUT2D eigenvalue weighted by molar-refractivity contribution is 5.79. The van der Waals surface area contributed by atoms with Gasteiger partial charge in [-0.25, -0.2) is 9.97 Å². The molecule has 3 aliphatic rings. The molecule has 1 saturated carbocycles. The lowest BCUT2D eigenvalue weighted by molar-refractivity contribution is -0.135. The molecule has 0 N–H and O–H groups in total. The van der Waals surface area contributed by atoms with Crippen LogP contribution in [0.4, 0.5) is 0 Å². The summed E-state index contributed by atoms with van der Waals surface area (Å²) in [5, 5.41) is 0. The zero-order chi connectivity index (χ0) is 16.5. The molecular formula is C19H28N4O. The van der Waals surface area contributed by atoms with E-state index in [0.29, 0.717) is 11.8 Å². The van der Waals surface area contributed by atoms with Gasteiger partial charge in [-0.2, -0.15) is 0 Å². The molecule has 1 aliphatic carbocycles. The maximum atomic E-state index is 12.7. The number of carbonyl (C=O) groups excluding carboxylic acids is 1. The average molecular weight is 328 g/mol. The van der Waals surface area contributed by atoms with Crippen molar-refractivity contribution in [1.29, 1.82) is 0 Å². The minimum atomic E-state index is 0.275. The molecule has 0 spiro atoms.